The molecule has 3 aromatic heterocycles. The molecule has 0 radical (unpaired) electrons. The van der Waals surface area contributed by atoms with Crippen molar-refractivity contribution < 1.29 is 17.2 Å². The van der Waals surface area contributed by atoms with E-state index >= 15 is 0 Å². The van der Waals surface area contributed by atoms with Gasteiger partial charge in [0.2, 0.25) is 5.89 Å². The van der Waals surface area contributed by atoms with Gasteiger partial charge in [-0.2, -0.15) is 0 Å². The molecule has 4 aromatic rings. The summed E-state index contributed by atoms with van der Waals surface area (Å²) in [5, 5.41) is 0.656. The Morgan fingerprint density at radius 1 is 1.15 bits per heavy atom. The van der Waals surface area contributed by atoms with Crippen LogP contribution in [-0.2, 0) is 16.4 Å². The molecule has 0 atom stereocenters. The maximum absolute atomic E-state index is 13.2. The summed E-state index contributed by atoms with van der Waals surface area (Å²) in [5.74, 6) is 0.0842. The summed E-state index contributed by atoms with van der Waals surface area (Å²) in [4.78, 5) is 8.65. The molecule has 0 amide bonds. The summed E-state index contributed by atoms with van der Waals surface area (Å²) in [7, 11) is -3.37. The lowest BCUT2D eigenvalue weighted by molar-refractivity contribution is 0.567. The van der Waals surface area contributed by atoms with E-state index in [4.69, 9.17) is 4.42 Å². The molecule has 0 aliphatic carbocycles. The van der Waals surface area contributed by atoms with E-state index in [0.29, 0.717) is 29.2 Å². The SMILES string of the molecule is CS(=O)(=O)c1cnc2c(c1)cc(-c1ncco1)n2Cc1ccc(F)cc1. The van der Waals surface area contributed by atoms with Crippen molar-refractivity contribution in [2.75, 3.05) is 6.26 Å². The largest absolute Gasteiger partial charge is 0.443 e. The van der Waals surface area contributed by atoms with Crippen LogP contribution in [0.1, 0.15) is 5.56 Å². The van der Waals surface area contributed by atoms with Gasteiger partial charge < -0.3 is 8.98 Å². The van der Waals surface area contributed by atoms with E-state index in [1.54, 1.807) is 24.3 Å². The monoisotopic (exact) mass is 371 g/mol. The van der Waals surface area contributed by atoms with Crippen molar-refractivity contribution in [2.24, 2.45) is 0 Å². The molecule has 4 rings (SSSR count). The van der Waals surface area contributed by atoms with Gasteiger partial charge in [0.05, 0.1) is 11.1 Å². The fourth-order valence-corrected chi connectivity index (χ4v) is 3.37. The van der Waals surface area contributed by atoms with Gasteiger partial charge in [0.1, 0.15) is 23.4 Å². The number of sulfone groups is 1. The van der Waals surface area contributed by atoms with Crippen LogP contribution in [0.3, 0.4) is 0 Å². The molecule has 0 unspecified atom stereocenters. The Labute approximate surface area is 148 Å². The van der Waals surface area contributed by atoms with Gasteiger partial charge in [-0.1, -0.05) is 12.1 Å². The Morgan fingerprint density at radius 2 is 1.92 bits per heavy atom. The summed E-state index contributed by atoms with van der Waals surface area (Å²) in [5.41, 5.74) is 2.12. The quantitative estimate of drug-likeness (QED) is 0.550. The molecule has 0 saturated heterocycles. The number of rotatable bonds is 4. The van der Waals surface area contributed by atoms with Gasteiger partial charge >= 0.3 is 0 Å². The molecule has 0 spiro atoms. The predicted molar refractivity (Wildman–Crippen MR) is 93.8 cm³/mol. The molecule has 1 aromatic carbocycles. The van der Waals surface area contributed by atoms with Crippen LogP contribution in [0.4, 0.5) is 4.39 Å². The first kappa shape index (κ1) is 16.5. The summed E-state index contributed by atoms with van der Waals surface area (Å²) in [6.45, 7) is 0.409. The molecule has 0 aliphatic rings. The van der Waals surface area contributed by atoms with Crippen molar-refractivity contribution in [1.29, 1.82) is 0 Å². The first-order chi connectivity index (χ1) is 12.4. The fourth-order valence-electron chi connectivity index (χ4n) is 2.79. The Balaban J connectivity index is 1.90. The Bertz CT molecular complexity index is 1180. The summed E-state index contributed by atoms with van der Waals surface area (Å²) >= 11 is 0. The van der Waals surface area contributed by atoms with Gasteiger partial charge in [0.25, 0.3) is 0 Å². The van der Waals surface area contributed by atoms with Crippen molar-refractivity contribution >= 4 is 20.9 Å². The molecular weight excluding hydrogens is 357 g/mol. The topological polar surface area (TPSA) is 78.0 Å². The fraction of sp³-hybridized carbons (Fsp3) is 0.111. The molecule has 0 bridgehead atoms. The van der Waals surface area contributed by atoms with Crippen molar-refractivity contribution in [3.8, 4) is 11.6 Å². The first-order valence-corrected chi connectivity index (χ1v) is 9.64. The van der Waals surface area contributed by atoms with E-state index in [1.165, 1.54) is 30.8 Å². The third-order valence-electron chi connectivity index (χ3n) is 4.04. The van der Waals surface area contributed by atoms with Crippen LogP contribution in [0.5, 0.6) is 0 Å². The van der Waals surface area contributed by atoms with Crippen LogP contribution in [-0.4, -0.2) is 29.2 Å². The second kappa shape index (κ2) is 6.06. The van der Waals surface area contributed by atoms with Gasteiger partial charge in [-0.05, 0) is 29.8 Å². The Hall–Kier alpha value is -3.00. The normalized spacial score (nSPS) is 11.9. The molecule has 132 valence electrons. The van der Waals surface area contributed by atoms with Crippen LogP contribution >= 0.6 is 0 Å². The number of oxazole rings is 1. The van der Waals surface area contributed by atoms with Crippen molar-refractivity contribution in [2.45, 2.75) is 11.4 Å². The van der Waals surface area contributed by atoms with Crippen LogP contribution < -0.4 is 0 Å². The van der Waals surface area contributed by atoms with Crippen LogP contribution in [0.25, 0.3) is 22.6 Å². The standard InChI is InChI=1S/C18H14FN3O3S/c1-26(23,24)15-8-13-9-16(18-20-6-7-25-18)22(17(13)21-10-15)11-12-2-4-14(19)5-3-12/h2-10H,11H2,1H3. The second-order valence-electron chi connectivity index (χ2n) is 5.94. The van der Waals surface area contributed by atoms with E-state index in [0.717, 1.165) is 11.8 Å². The lowest BCUT2D eigenvalue weighted by Gasteiger charge is -2.09. The summed E-state index contributed by atoms with van der Waals surface area (Å²) in [6.07, 6.45) is 5.47. The highest BCUT2D eigenvalue weighted by atomic mass is 32.2. The van der Waals surface area contributed by atoms with Crippen LogP contribution in [0.15, 0.2) is 64.4 Å². The number of nitrogens with zero attached hydrogens (tertiary/aromatic N) is 3. The van der Waals surface area contributed by atoms with Crippen LogP contribution in [0, 0.1) is 5.82 Å². The number of pyridine rings is 1. The second-order valence-corrected chi connectivity index (χ2v) is 7.95. The van der Waals surface area contributed by atoms with E-state index in [1.807, 2.05) is 4.57 Å². The van der Waals surface area contributed by atoms with Crippen LogP contribution in [0.2, 0.25) is 0 Å². The number of hydrogen-bond donors (Lipinski definition) is 0. The van der Waals surface area contributed by atoms with Crippen molar-refractivity contribution in [3.05, 3.63) is 66.4 Å². The Morgan fingerprint density at radius 3 is 2.58 bits per heavy atom. The molecule has 0 fully saturated rings. The minimum absolute atomic E-state index is 0.142. The third kappa shape index (κ3) is 2.99. The molecule has 3 heterocycles. The third-order valence-corrected chi connectivity index (χ3v) is 5.12. The first-order valence-electron chi connectivity index (χ1n) is 7.75. The highest BCUT2D eigenvalue weighted by molar-refractivity contribution is 7.90. The Kier molecular flexibility index (Phi) is 3.84. The number of fused-ring (bicyclic) bond motifs is 1. The zero-order chi connectivity index (χ0) is 18.3. The number of aromatic nitrogens is 3. The average molecular weight is 371 g/mol. The molecular formula is C18H14FN3O3S. The van der Waals surface area contributed by atoms with Gasteiger partial charge in [-0.3, -0.25) is 0 Å². The summed E-state index contributed by atoms with van der Waals surface area (Å²) < 4.78 is 44.1. The molecule has 0 aliphatic heterocycles. The number of benzene rings is 1. The molecule has 0 N–H and O–H groups in total. The molecule has 0 saturated carbocycles. The summed E-state index contributed by atoms with van der Waals surface area (Å²) in [6, 6.07) is 9.51. The zero-order valence-electron chi connectivity index (χ0n) is 13.8. The number of hydrogen-bond acceptors (Lipinski definition) is 5. The predicted octanol–water partition coefficient (Wildman–Crippen LogP) is 3.28. The van der Waals surface area contributed by atoms with Gasteiger partial charge in [-0.15, -0.1) is 0 Å². The molecule has 26 heavy (non-hydrogen) atoms. The van der Waals surface area contributed by atoms with Gasteiger partial charge in [0, 0.05) is 24.4 Å². The van der Waals surface area contributed by atoms with Crippen molar-refractivity contribution in [1.82, 2.24) is 14.5 Å². The smallest absolute Gasteiger partial charge is 0.243 e. The van der Waals surface area contributed by atoms with Gasteiger partial charge in [0.15, 0.2) is 9.84 Å². The van der Waals surface area contributed by atoms with E-state index in [-0.39, 0.29) is 10.7 Å². The minimum Gasteiger partial charge on any atom is -0.443 e. The highest BCUT2D eigenvalue weighted by Crippen LogP contribution is 2.28. The molecule has 6 nitrogen and oxygen atoms in total. The maximum atomic E-state index is 13.2. The van der Waals surface area contributed by atoms with Gasteiger partial charge in [-0.25, -0.2) is 22.8 Å². The highest BCUT2D eigenvalue weighted by Gasteiger charge is 2.18. The maximum Gasteiger partial charge on any atom is 0.243 e. The minimum atomic E-state index is -3.37. The van der Waals surface area contributed by atoms with E-state index in [9.17, 15) is 12.8 Å². The van der Waals surface area contributed by atoms with E-state index < -0.39 is 9.84 Å². The van der Waals surface area contributed by atoms with E-state index in [2.05, 4.69) is 9.97 Å². The average Bonchev–Trinajstić information content (AvgIpc) is 3.24. The molecule has 8 heteroatoms. The lowest BCUT2D eigenvalue weighted by Crippen LogP contribution is -2.04. The number of halogens is 1. The lowest BCUT2D eigenvalue weighted by atomic mass is 10.2. The van der Waals surface area contributed by atoms with Crippen molar-refractivity contribution in [3.63, 3.8) is 0 Å². The zero-order valence-corrected chi connectivity index (χ0v) is 14.6.